The number of carbonyl (C=O) groups is 1. The second-order valence-corrected chi connectivity index (χ2v) is 7.77. The fraction of sp³-hybridized carbons (Fsp3) is 0.136. The Hall–Kier alpha value is -3.49. The van der Waals surface area contributed by atoms with E-state index in [1.807, 2.05) is 0 Å². The van der Waals surface area contributed by atoms with E-state index in [4.69, 9.17) is 28.5 Å². The van der Waals surface area contributed by atoms with Crippen molar-refractivity contribution in [3.8, 4) is 17.3 Å². The molecule has 0 radical (unpaired) electrons. The molecule has 182 valence electrons. The maximum absolute atomic E-state index is 12.5. The average Bonchev–Trinajstić information content (AvgIpc) is 3.39. The molecule has 0 spiro atoms. The summed E-state index contributed by atoms with van der Waals surface area (Å²) in [5, 5.41) is 9.74. The molecule has 1 aliphatic heterocycles. The van der Waals surface area contributed by atoms with Crippen molar-refractivity contribution >= 4 is 35.1 Å². The fourth-order valence-corrected chi connectivity index (χ4v) is 3.13. The fourth-order valence-electron chi connectivity index (χ4n) is 2.87. The summed E-state index contributed by atoms with van der Waals surface area (Å²) in [5.41, 5.74) is -0.0692. The molecule has 0 amide bonds. The first kappa shape index (κ1) is 26.1. The third-order valence-electron chi connectivity index (χ3n) is 4.47. The molecule has 5 nitrogen and oxygen atoms in total. The molecule has 1 unspecified atom stereocenters. The van der Waals surface area contributed by atoms with Gasteiger partial charge in [0.25, 0.3) is 0 Å². The zero-order valence-corrected chi connectivity index (χ0v) is 18.5. The van der Waals surface area contributed by atoms with Crippen LogP contribution in [0.2, 0.25) is 10.0 Å². The Morgan fingerprint density at radius 1 is 0.914 bits per heavy atom. The first-order valence-corrected chi connectivity index (χ1v) is 10.1. The van der Waals surface area contributed by atoms with Crippen LogP contribution in [-0.4, -0.2) is 23.0 Å². The van der Waals surface area contributed by atoms with E-state index in [-0.39, 0.29) is 11.3 Å². The first-order chi connectivity index (χ1) is 16.3. The number of alkyl halides is 6. The number of benzene rings is 2. The summed E-state index contributed by atoms with van der Waals surface area (Å²) in [6, 6.07) is 13.2. The summed E-state index contributed by atoms with van der Waals surface area (Å²) in [7, 11) is 0. The van der Waals surface area contributed by atoms with Crippen molar-refractivity contribution in [1.82, 2.24) is 4.98 Å². The number of carbonyl (C=O) groups excluding carboxylic acids is 1. The topological polar surface area (TPSA) is 78.2 Å². The van der Waals surface area contributed by atoms with Gasteiger partial charge in [-0.05, 0) is 41.5 Å². The lowest BCUT2D eigenvalue weighted by molar-refractivity contribution is -0.141. The van der Waals surface area contributed by atoms with E-state index in [0.29, 0.717) is 21.2 Å². The smallest absolute Gasteiger partial charge is 0.401 e. The molecule has 1 aromatic heterocycles. The van der Waals surface area contributed by atoms with E-state index in [1.165, 1.54) is 24.3 Å². The number of hydrogen-bond donors (Lipinski definition) is 1. The van der Waals surface area contributed by atoms with E-state index >= 15 is 0 Å². The van der Waals surface area contributed by atoms with Gasteiger partial charge in [0.15, 0.2) is 6.04 Å². The Kier molecular flexibility index (Phi) is 7.47. The second-order valence-electron chi connectivity index (χ2n) is 6.90. The van der Waals surface area contributed by atoms with Crippen LogP contribution >= 0.6 is 23.2 Å². The van der Waals surface area contributed by atoms with Gasteiger partial charge in [0.05, 0.1) is 11.3 Å². The van der Waals surface area contributed by atoms with Crippen molar-refractivity contribution in [2.24, 2.45) is 4.99 Å². The van der Waals surface area contributed by atoms with Crippen LogP contribution in [0.25, 0.3) is 11.3 Å². The molecular formula is C22H11Cl2F6N3O2. The van der Waals surface area contributed by atoms with Crippen LogP contribution in [0.3, 0.4) is 0 Å². The van der Waals surface area contributed by atoms with Crippen LogP contribution in [0.15, 0.2) is 59.6 Å². The monoisotopic (exact) mass is 533 g/mol. The highest BCUT2D eigenvalue weighted by Crippen LogP contribution is 2.34. The highest BCUT2D eigenvalue weighted by Gasteiger charge is 2.46. The molecule has 13 heteroatoms. The molecule has 3 aromatic rings. The number of aromatic amines is 1. The number of nitriles is 1. The molecule has 2 aromatic carbocycles. The Balaban J connectivity index is 0.000000196. The molecule has 1 aliphatic rings. The van der Waals surface area contributed by atoms with E-state index in [2.05, 4.69) is 14.7 Å². The molecule has 0 bridgehead atoms. The standard InChI is InChI=1S/C12H6ClF3N2.C10H5ClF3NO2/c13-9-3-1-7(2-4-9)11-8(6-17)5-10(18-11)12(14,15)16;11-6-3-1-5(2-4-6)7-8(16)17-9(15-7)10(12,13)14/h1-5,18H;1-4,7H. The lowest BCUT2D eigenvalue weighted by atomic mass is 10.1. The van der Waals surface area contributed by atoms with Gasteiger partial charge in [-0.15, -0.1) is 0 Å². The van der Waals surface area contributed by atoms with Gasteiger partial charge in [0.2, 0.25) is 0 Å². The molecule has 0 saturated carbocycles. The molecule has 2 heterocycles. The summed E-state index contributed by atoms with van der Waals surface area (Å²) in [5.74, 6) is -2.55. The van der Waals surface area contributed by atoms with Crippen molar-refractivity contribution in [2.75, 3.05) is 0 Å². The van der Waals surface area contributed by atoms with Crippen molar-refractivity contribution in [2.45, 2.75) is 18.4 Å². The zero-order valence-electron chi connectivity index (χ0n) is 17.0. The first-order valence-electron chi connectivity index (χ1n) is 9.38. The highest BCUT2D eigenvalue weighted by molar-refractivity contribution is 6.30. The number of ether oxygens (including phenoxy) is 1. The Bertz CT molecular complexity index is 1290. The number of hydrogen-bond acceptors (Lipinski definition) is 4. The van der Waals surface area contributed by atoms with Crippen LogP contribution in [-0.2, 0) is 15.7 Å². The predicted molar refractivity (Wildman–Crippen MR) is 115 cm³/mol. The number of cyclic esters (lactones) is 1. The Labute approximate surface area is 203 Å². The van der Waals surface area contributed by atoms with Crippen molar-refractivity contribution in [1.29, 1.82) is 5.26 Å². The maximum atomic E-state index is 12.5. The van der Waals surface area contributed by atoms with E-state index in [0.717, 1.165) is 6.07 Å². The summed E-state index contributed by atoms with van der Waals surface area (Å²) in [6.07, 6.45) is -9.26. The van der Waals surface area contributed by atoms with Gasteiger partial charge in [-0.1, -0.05) is 47.5 Å². The molecule has 1 N–H and O–H groups in total. The van der Waals surface area contributed by atoms with Crippen LogP contribution in [0, 0.1) is 11.3 Å². The van der Waals surface area contributed by atoms with Gasteiger partial charge in [-0.3, -0.25) is 0 Å². The van der Waals surface area contributed by atoms with Crippen LogP contribution in [0.5, 0.6) is 0 Å². The third kappa shape index (κ3) is 6.35. The van der Waals surface area contributed by atoms with E-state index in [1.54, 1.807) is 30.3 Å². The van der Waals surface area contributed by atoms with Crippen LogP contribution < -0.4 is 0 Å². The molecular weight excluding hydrogens is 523 g/mol. The molecule has 35 heavy (non-hydrogen) atoms. The van der Waals surface area contributed by atoms with Crippen LogP contribution in [0.1, 0.15) is 22.9 Å². The number of nitrogens with zero attached hydrogens (tertiary/aromatic N) is 2. The lowest BCUT2D eigenvalue weighted by Crippen LogP contribution is -2.23. The molecule has 0 fully saturated rings. The van der Waals surface area contributed by atoms with Gasteiger partial charge in [0, 0.05) is 10.0 Å². The normalized spacial score (nSPS) is 15.6. The van der Waals surface area contributed by atoms with Gasteiger partial charge in [0.1, 0.15) is 11.8 Å². The minimum Gasteiger partial charge on any atom is -0.401 e. The largest absolute Gasteiger partial charge is 0.468 e. The molecule has 0 aliphatic carbocycles. The van der Waals surface area contributed by atoms with E-state index < -0.39 is 36.0 Å². The third-order valence-corrected chi connectivity index (χ3v) is 4.98. The van der Waals surface area contributed by atoms with Crippen molar-refractivity contribution in [3.63, 3.8) is 0 Å². The van der Waals surface area contributed by atoms with E-state index in [9.17, 15) is 31.1 Å². The minimum absolute atomic E-state index is 0.0513. The summed E-state index contributed by atoms with van der Waals surface area (Å²) in [6.45, 7) is 0. The van der Waals surface area contributed by atoms with Gasteiger partial charge in [-0.2, -0.15) is 31.6 Å². The highest BCUT2D eigenvalue weighted by atomic mass is 35.5. The predicted octanol–water partition coefficient (Wildman–Crippen LogP) is 7.12. The number of H-pyrrole nitrogens is 1. The second kappa shape index (κ2) is 10.0. The summed E-state index contributed by atoms with van der Waals surface area (Å²) >= 11 is 11.3. The number of aromatic nitrogens is 1. The summed E-state index contributed by atoms with van der Waals surface area (Å²) < 4.78 is 78.5. The maximum Gasteiger partial charge on any atom is 0.468 e. The average molecular weight is 534 g/mol. The Morgan fingerprint density at radius 2 is 1.46 bits per heavy atom. The van der Waals surface area contributed by atoms with Gasteiger partial charge < -0.3 is 9.72 Å². The number of nitrogens with one attached hydrogen (secondary N) is 1. The van der Waals surface area contributed by atoms with Crippen LogP contribution in [0.4, 0.5) is 26.3 Å². The number of aliphatic imine (C=N–C) groups is 1. The van der Waals surface area contributed by atoms with Crippen molar-refractivity contribution in [3.05, 3.63) is 81.5 Å². The Morgan fingerprint density at radius 3 is 1.91 bits per heavy atom. The SMILES string of the molecule is N#Cc1cc(C(F)(F)F)[nH]c1-c1ccc(Cl)cc1.O=C1OC(C(F)(F)F)=NC1c1ccc(Cl)cc1. The van der Waals surface area contributed by atoms with Gasteiger partial charge in [-0.25, -0.2) is 9.79 Å². The van der Waals surface area contributed by atoms with Crippen molar-refractivity contribution < 1.29 is 35.9 Å². The number of halogens is 8. The molecule has 0 saturated heterocycles. The van der Waals surface area contributed by atoms with Gasteiger partial charge >= 0.3 is 24.2 Å². The number of esters is 1. The summed E-state index contributed by atoms with van der Waals surface area (Å²) in [4.78, 5) is 16.7. The quantitative estimate of drug-likeness (QED) is 0.281. The zero-order chi connectivity index (χ0) is 26.0. The number of rotatable bonds is 2. The lowest BCUT2D eigenvalue weighted by Gasteiger charge is -2.03. The minimum atomic E-state index is -4.75. The molecule has 1 atom stereocenters. The molecule has 4 rings (SSSR count).